The average Bonchev–Trinajstić information content (AvgIpc) is 3.08. The zero-order valence-corrected chi connectivity index (χ0v) is 16.4. The van der Waals surface area contributed by atoms with Gasteiger partial charge in [0.2, 0.25) is 5.91 Å². The minimum atomic E-state index is -0.774. The number of phenols is 1. The van der Waals surface area contributed by atoms with Crippen molar-refractivity contribution >= 4 is 23.2 Å². The van der Waals surface area contributed by atoms with Gasteiger partial charge in [-0.2, -0.15) is 0 Å². The topological polar surface area (TPSA) is 140 Å². The van der Waals surface area contributed by atoms with Crippen LogP contribution in [0.1, 0.15) is 27.5 Å². The van der Waals surface area contributed by atoms with Crippen LogP contribution in [0.5, 0.6) is 5.75 Å². The molecule has 3 aromatic rings. The minimum Gasteiger partial charge on any atom is -0.507 e. The Bertz CT molecular complexity index is 1220. The van der Waals surface area contributed by atoms with Crippen LogP contribution < -0.4 is 11.1 Å². The Balaban J connectivity index is 1.76. The van der Waals surface area contributed by atoms with Crippen LogP contribution in [0.3, 0.4) is 0 Å². The van der Waals surface area contributed by atoms with Crippen molar-refractivity contribution in [3.63, 3.8) is 0 Å². The molecule has 1 fully saturated rings. The largest absolute Gasteiger partial charge is 0.507 e. The van der Waals surface area contributed by atoms with E-state index in [4.69, 9.17) is 16.6 Å². The van der Waals surface area contributed by atoms with E-state index in [1.165, 1.54) is 6.07 Å². The van der Waals surface area contributed by atoms with E-state index in [0.29, 0.717) is 27.8 Å². The highest BCUT2D eigenvalue weighted by Crippen LogP contribution is 2.37. The monoisotopic (exact) mass is 412 g/mol. The molecule has 1 heterocycles. The van der Waals surface area contributed by atoms with E-state index >= 15 is 0 Å². The Labute approximate surface area is 178 Å². The molecule has 7 nitrogen and oxygen atoms in total. The lowest BCUT2D eigenvalue weighted by Crippen LogP contribution is -2.26. The van der Waals surface area contributed by atoms with Crippen molar-refractivity contribution in [2.24, 2.45) is 11.7 Å². The van der Waals surface area contributed by atoms with Gasteiger partial charge in [0.05, 0.1) is 17.7 Å². The molecule has 2 atom stereocenters. The molecule has 4 rings (SSSR count). The summed E-state index contributed by atoms with van der Waals surface area (Å²) in [6.45, 7) is 0. The van der Waals surface area contributed by atoms with Crippen LogP contribution in [-0.2, 0) is 4.79 Å². The van der Waals surface area contributed by atoms with Crippen molar-refractivity contribution in [2.75, 3.05) is 0 Å². The van der Waals surface area contributed by atoms with Gasteiger partial charge in [-0.15, -0.1) is 0 Å². The van der Waals surface area contributed by atoms with Gasteiger partial charge in [-0.1, -0.05) is 48.5 Å². The summed E-state index contributed by atoms with van der Waals surface area (Å²) in [4.78, 5) is 23.8. The molecule has 0 aromatic heterocycles. The standard InChI is InChI=1S/C24H20N4O3/c25-20(13-5-2-1-3-6-13)19-21(26)24(31)28-22(19)15-9-10-18(29)17(12-15)14-7-4-8-16(11-14)23(27)30/h1-12,19,22,25-26,29H,(H2,27,30)(H,28,31). The average molecular weight is 412 g/mol. The number of carbonyl (C=O) groups excluding carboxylic acids is 2. The third-order valence-corrected chi connectivity index (χ3v) is 5.41. The first-order valence-corrected chi connectivity index (χ1v) is 9.63. The van der Waals surface area contributed by atoms with Gasteiger partial charge in [0.1, 0.15) is 11.5 Å². The number of nitrogens with two attached hydrogens (primary N) is 1. The van der Waals surface area contributed by atoms with Gasteiger partial charge in [0, 0.05) is 11.1 Å². The molecule has 0 spiro atoms. The maximum atomic E-state index is 12.3. The molecule has 0 saturated carbocycles. The fraction of sp³-hybridized carbons (Fsp3) is 0.0833. The predicted molar refractivity (Wildman–Crippen MR) is 117 cm³/mol. The first-order chi connectivity index (χ1) is 14.9. The third-order valence-electron chi connectivity index (χ3n) is 5.41. The Morgan fingerprint density at radius 3 is 2.39 bits per heavy atom. The molecular formula is C24H20N4O3. The fourth-order valence-corrected chi connectivity index (χ4v) is 3.81. The van der Waals surface area contributed by atoms with Crippen molar-refractivity contribution < 1.29 is 14.7 Å². The van der Waals surface area contributed by atoms with Gasteiger partial charge in [-0.05, 0) is 41.0 Å². The molecular weight excluding hydrogens is 392 g/mol. The molecule has 1 aliphatic heterocycles. The molecule has 3 aromatic carbocycles. The zero-order valence-electron chi connectivity index (χ0n) is 16.4. The first-order valence-electron chi connectivity index (χ1n) is 9.63. The van der Waals surface area contributed by atoms with E-state index in [1.54, 1.807) is 60.7 Å². The summed E-state index contributed by atoms with van der Waals surface area (Å²) < 4.78 is 0. The highest BCUT2D eigenvalue weighted by Gasteiger charge is 2.42. The number of rotatable bonds is 5. The molecule has 0 radical (unpaired) electrons. The Morgan fingerprint density at radius 2 is 1.68 bits per heavy atom. The molecule has 1 aliphatic rings. The molecule has 7 heteroatoms. The second-order valence-corrected chi connectivity index (χ2v) is 7.34. The maximum absolute atomic E-state index is 12.3. The maximum Gasteiger partial charge on any atom is 0.266 e. The summed E-state index contributed by atoms with van der Waals surface area (Å²) in [7, 11) is 0. The predicted octanol–water partition coefficient (Wildman–Crippen LogP) is 3.03. The molecule has 2 unspecified atom stereocenters. The number of hydrogen-bond acceptors (Lipinski definition) is 5. The summed E-state index contributed by atoms with van der Waals surface area (Å²) in [6, 6.07) is 19.8. The second-order valence-electron chi connectivity index (χ2n) is 7.34. The van der Waals surface area contributed by atoms with Crippen molar-refractivity contribution in [3.8, 4) is 16.9 Å². The number of primary amides is 1. The van der Waals surface area contributed by atoms with Gasteiger partial charge in [0.25, 0.3) is 5.91 Å². The van der Waals surface area contributed by atoms with Crippen molar-refractivity contribution in [3.05, 3.63) is 89.5 Å². The lowest BCUT2D eigenvalue weighted by Gasteiger charge is -2.21. The summed E-state index contributed by atoms with van der Waals surface area (Å²) in [5.41, 5.74) is 7.98. The van der Waals surface area contributed by atoms with E-state index in [1.807, 2.05) is 6.07 Å². The highest BCUT2D eigenvalue weighted by atomic mass is 16.3. The van der Waals surface area contributed by atoms with Crippen LogP contribution in [0.25, 0.3) is 11.1 Å². The number of nitrogens with one attached hydrogen (secondary N) is 3. The number of phenolic OH excluding ortho intramolecular Hbond substituents is 1. The molecule has 0 bridgehead atoms. The van der Waals surface area contributed by atoms with Gasteiger partial charge in [0.15, 0.2) is 0 Å². The van der Waals surface area contributed by atoms with E-state index in [2.05, 4.69) is 5.32 Å². The SMILES string of the molecule is N=C1C(=O)NC(c2ccc(O)c(-c3cccc(C(N)=O)c3)c2)C1C(=N)c1ccccc1. The molecule has 31 heavy (non-hydrogen) atoms. The Morgan fingerprint density at radius 1 is 0.968 bits per heavy atom. The summed E-state index contributed by atoms with van der Waals surface area (Å²) in [6.07, 6.45) is 0. The van der Waals surface area contributed by atoms with Crippen molar-refractivity contribution in [1.29, 1.82) is 10.8 Å². The summed E-state index contributed by atoms with van der Waals surface area (Å²) >= 11 is 0. The van der Waals surface area contributed by atoms with E-state index in [9.17, 15) is 14.7 Å². The van der Waals surface area contributed by atoms with Gasteiger partial charge in [-0.25, -0.2) is 0 Å². The molecule has 1 saturated heterocycles. The van der Waals surface area contributed by atoms with E-state index < -0.39 is 23.8 Å². The van der Waals surface area contributed by atoms with Crippen LogP contribution in [0.15, 0.2) is 72.8 Å². The minimum absolute atomic E-state index is 0.000503. The number of amides is 2. The van der Waals surface area contributed by atoms with E-state index in [0.717, 1.165) is 0 Å². The third kappa shape index (κ3) is 3.69. The lowest BCUT2D eigenvalue weighted by molar-refractivity contribution is -0.114. The van der Waals surface area contributed by atoms with Gasteiger partial charge >= 0.3 is 0 Å². The van der Waals surface area contributed by atoms with Crippen LogP contribution in [0.4, 0.5) is 0 Å². The fourth-order valence-electron chi connectivity index (χ4n) is 3.81. The smallest absolute Gasteiger partial charge is 0.266 e. The van der Waals surface area contributed by atoms with E-state index in [-0.39, 0.29) is 17.2 Å². The molecule has 0 aliphatic carbocycles. The molecule has 2 amide bonds. The molecule has 6 N–H and O–H groups in total. The molecule has 154 valence electrons. The first kappa shape index (κ1) is 20.0. The quantitative estimate of drug-likeness (QED) is 0.411. The van der Waals surface area contributed by atoms with Gasteiger partial charge < -0.3 is 21.6 Å². The van der Waals surface area contributed by atoms with Crippen LogP contribution in [0.2, 0.25) is 0 Å². The van der Waals surface area contributed by atoms with Crippen LogP contribution >= 0.6 is 0 Å². The number of aromatic hydroxyl groups is 1. The summed E-state index contributed by atoms with van der Waals surface area (Å²) in [5, 5.41) is 30.1. The number of carbonyl (C=O) groups is 2. The van der Waals surface area contributed by atoms with Gasteiger partial charge in [-0.3, -0.25) is 15.0 Å². The zero-order chi connectivity index (χ0) is 22.1. The van der Waals surface area contributed by atoms with Crippen LogP contribution in [0, 0.1) is 16.7 Å². The van der Waals surface area contributed by atoms with Crippen LogP contribution in [-0.4, -0.2) is 28.3 Å². The second kappa shape index (κ2) is 7.87. The highest BCUT2D eigenvalue weighted by molar-refractivity contribution is 6.45. The Hall–Kier alpha value is -4.26. The number of hydrogen-bond donors (Lipinski definition) is 5. The number of benzene rings is 3. The van der Waals surface area contributed by atoms with Crippen molar-refractivity contribution in [2.45, 2.75) is 6.04 Å². The normalized spacial score (nSPS) is 17.9. The van der Waals surface area contributed by atoms with Crippen molar-refractivity contribution in [1.82, 2.24) is 5.32 Å². The lowest BCUT2D eigenvalue weighted by atomic mass is 9.85. The summed E-state index contributed by atoms with van der Waals surface area (Å²) in [5.74, 6) is -1.88. The Kier molecular flexibility index (Phi) is 5.09.